The van der Waals surface area contributed by atoms with Crippen LogP contribution in [0.15, 0.2) is 40.7 Å². The highest BCUT2D eigenvalue weighted by Gasteiger charge is 2.40. The molecule has 1 aliphatic rings. The molecule has 2 unspecified atom stereocenters. The number of pyridine rings is 1. The van der Waals surface area contributed by atoms with Crippen LogP contribution >= 0.6 is 0 Å². The molecule has 2 aromatic rings. The summed E-state index contributed by atoms with van der Waals surface area (Å²) in [6, 6.07) is 3.89. The number of aliphatic imine (C=N–C) groups is 2. The van der Waals surface area contributed by atoms with Gasteiger partial charge in [0.2, 0.25) is 5.88 Å². The Morgan fingerprint density at radius 2 is 2.10 bits per heavy atom. The first kappa shape index (κ1) is 22.1. The van der Waals surface area contributed by atoms with E-state index in [0.29, 0.717) is 41.4 Å². The van der Waals surface area contributed by atoms with Gasteiger partial charge in [-0.25, -0.2) is 9.78 Å². The Morgan fingerprint density at radius 3 is 2.74 bits per heavy atom. The standard InChI is InChI=1S/C22H25N5O4/c1-13(22(28)30-5)24-11-20(23-3)18-10-25-14(2)27-21(18)31-12-15-8-17(15)19-7-6-16(29-4)9-26-19/h6-7,9-11,15,17H,3,8,12H2,1-2,4-5H3. The molecule has 0 aromatic carbocycles. The summed E-state index contributed by atoms with van der Waals surface area (Å²) in [5.74, 6) is 1.86. The first-order chi connectivity index (χ1) is 15.0. The molecule has 0 saturated heterocycles. The number of hydrogen-bond donors (Lipinski definition) is 0. The van der Waals surface area contributed by atoms with Crippen LogP contribution in [-0.4, -0.2) is 54.2 Å². The largest absolute Gasteiger partial charge is 0.495 e. The minimum atomic E-state index is -0.525. The lowest BCUT2D eigenvalue weighted by atomic mass is 10.2. The smallest absolute Gasteiger partial charge is 0.352 e. The van der Waals surface area contributed by atoms with Crippen molar-refractivity contribution < 1.29 is 19.0 Å². The molecule has 31 heavy (non-hydrogen) atoms. The Balaban J connectivity index is 1.72. The van der Waals surface area contributed by atoms with Crippen LogP contribution in [0.4, 0.5) is 0 Å². The van der Waals surface area contributed by atoms with Gasteiger partial charge in [0.05, 0.1) is 44.5 Å². The average Bonchev–Trinajstić information content (AvgIpc) is 3.58. The highest BCUT2D eigenvalue weighted by atomic mass is 16.5. The highest BCUT2D eigenvalue weighted by Crippen LogP contribution is 2.47. The fourth-order valence-corrected chi connectivity index (χ4v) is 3.00. The summed E-state index contributed by atoms with van der Waals surface area (Å²) >= 11 is 0. The van der Waals surface area contributed by atoms with Gasteiger partial charge in [0.25, 0.3) is 0 Å². The van der Waals surface area contributed by atoms with Crippen molar-refractivity contribution in [2.75, 3.05) is 20.8 Å². The van der Waals surface area contributed by atoms with Gasteiger partial charge >= 0.3 is 5.97 Å². The number of rotatable bonds is 9. The van der Waals surface area contributed by atoms with Crippen LogP contribution in [0, 0.1) is 12.8 Å². The van der Waals surface area contributed by atoms with Crippen LogP contribution in [0.5, 0.6) is 11.6 Å². The number of aromatic nitrogens is 3. The van der Waals surface area contributed by atoms with E-state index in [1.165, 1.54) is 13.3 Å². The van der Waals surface area contributed by atoms with Gasteiger partial charge in [0, 0.05) is 23.7 Å². The molecule has 0 spiro atoms. The molecule has 1 saturated carbocycles. The van der Waals surface area contributed by atoms with Gasteiger partial charge in [-0.2, -0.15) is 4.98 Å². The molecule has 0 radical (unpaired) electrons. The molecule has 1 aliphatic carbocycles. The Morgan fingerprint density at radius 1 is 1.29 bits per heavy atom. The van der Waals surface area contributed by atoms with E-state index in [-0.39, 0.29) is 5.71 Å². The van der Waals surface area contributed by atoms with E-state index in [2.05, 4.69) is 36.4 Å². The van der Waals surface area contributed by atoms with Crippen LogP contribution in [0.3, 0.4) is 0 Å². The maximum atomic E-state index is 11.5. The third-order valence-corrected chi connectivity index (χ3v) is 4.91. The number of carbonyl (C=O) groups excluding carboxylic acids is 1. The van der Waals surface area contributed by atoms with E-state index in [1.807, 2.05) is 12.1 Å². The van der Waals surface area contributed by atoms with Gasteiger partial charge < -0.3 is 14.2 Å². The monoisotopic (exact) mass is 423 g/mol. The number of carbonyl (C=O) groups is 1. The summed E-state index contributed by atoms with van der Waals surface area (Å²) in [5, 5.41) is 0. The molecular weight excluding hydrogens is 398 g/mol. The summed E-state index contributed by atoms with van der Waals surface area (Å²) in [4.78, 5) is 32.7. The summed E-state index contributed by atoms with van der Waals surface area (Å²) in [5.41, 5.74) is 2.14. The molecule has 2 aromatic heterocycles. The number of esters is 1. The number of aryl methyl sites for hydroxylation is 1. The van der Waals surface area contributed by atoms with Crippen molar-refractivity contribution in [1.29, 1.82) is 0 Å². The number of nitrogens with zero attached hydrogens (tertiary/aromatic N) is 5. The average molecular weight is 423 g/mol. The zero-order valence-corrected chi connectivity index (χ0v) is 18.0. The lowest BCUT2D eigenvalue weighted by Gasteiger charge is -2.11. The van der Waals surface area contributed by atoms with Gasteiger partial charge in [0.1, 0.15) is 17.3 Å². The third kappa shape index (κ3) is 5.50. The Kier molecular flexibility index (Phi) is 7.07. The number of methoxy groups -OCH3 is 2. The highest BCUT2D eigenvalue weighted by molar-refractivity contribution is 6.35. The Hall–Kier alpha value is -3.62. The van der Waals surface area contributed by atoms with E-state index in [1.54, 1.807) is 33.4 Å². The van der Waals surface area contributed by atoms with Crippen molar-refractivity contribution in [3.05, 3.63) is 47.8 Å². The van der Waals surface area contributed by atoms with Gasteiger partial charge in [-0.3, -0.25) is 15.0 Å². The van der Waals surface area contributed by atoms with Crippen molar-refractivity contribution in [2.24, 2.45) is 15.9 Å². The predicted octanol–water partition coefficient (Wildman–Crippen LogP) is 3.00. The van der Waals surface area contributed by atoms with E-state index >= 15 is 0 Å². The molecule has 9 heteroatoms. The van der Waals surface area contributed by atoms with Crippen LogP contribution < -0.4 is 9.47 Å². The van der Waals surface area contributed by atoms with E-state index in [4.69, 9.17) is 9.47 Å². The minimum absolute atomic E-state index is 0.187. The van der Waals surface area contributed by atoms with Crippen molar-refractivity contribution >= 4 is 24.1 Å². The normalized spacial score (nSPS) is 18.3. The first-order valence-electron chi connectivity index (χ1n) is 9.73. The Bertz CT molecular complexity index is 1020. The molecule has 162 valence electrons. The number of ether oxygens (including phenoxy) is 3. The van der Waals surface area contributed by atoms with E-state index in [0.717, 1.165) is 17.9 Å². The van der Waals surface area contributed by atoms with Crippen molar-refractivity contribution in [3.8, 4) is 11.6 Å². The topological polar surface area (TPSA) is 108 Å². The second-order valence-electron chi connectivity index (χ2n) is 7.05. The fraction of sp³-hybridized carbons (Fsp3) is 0.364. The second kappa shape index (κ2) is 9.92. The fourth-order valence-electron chi connectivity index (χ4n) is 3.00. The molecule has 0 aliphatic heterocycles. The van der Waals surface area contributed by atoms with Gasteiger partial charge in [0.15, 0.2) is 0 Å². The van der Waals surface area contributed by atoms with Crippen LogP contribution in [0.1, 0.15) is 36.3 Å². The lowest BCUT2D eigenvalue weighted by molar-refractivity contribution is -0.132. The van der Waals surface area contributed by atoms with E-state index in [9.17, 15) is 4.79 Å². The second-order valence-corrected chi connectivity index (χ2v) is 7.05. The molecular formula is C22H25N5O4. The molecule has 3 rings (SSSR count). The molecule has 2 atom stereocenters. The summed E-state index contributed by atoms with van der Waals surface area (Å²) in [6.07, 6.45) is 5.74. The maximum Gasteiger partial charge on any atom is 0.352 e. The van der Waals surface area contributed by atoms with E-state index < -0.39 is 5.97 Å². The predicted molar refractivity (Wildman–Crippen MR) is 117 cm³/mol. The molecule has 1 fully saturated rings. The number of hydrogen-bond acceptors (Lipinski definition) is 9. The van der Waals surface area contributed by atoms with Crippen LogP contribution in [-0.2, 0) is 9.53 Å². The molecule has 0 bridgehead atoms. The molecule has 9 nitrogen and oxygen atoms in total. The van der Waals surface area contributed by atoms with Crippen LogP contribution in [0.2, 0.25) is 0 Å². The first-order valence-corrected chi connectivity index (χ1v) is 9.73. The van der Waals surface area contributed by atoms with Crippen LogP contribution in [0.25, 0.3) is 5.70 Å². The molecule has 0 amide bonds. The molecule has 0 N–H and O–H groups in total. The zero-order chi connectivity index (χ0) is 22.4. The van der Waals surface area contributed by atoms with Gasteiger partial charge in [-0.05, 0) is 39.1 Å². The summed E-state index contributed by atoms with van der Waals surface area (Å²) in [6.45, 7) is 7.39. The van der Waals surface area contributed by atoms with Gasteiger partial charge in [-0.1, -0.05) is 0 Å². The van der Waals surface area contributed by atoms with Gasteiger partial charge in [-0.15, -0.1) is 0 Å². The minimum Gasteiger partial charge on any atom is -0.495 e. The van der Waals surface area contributed by atoms with Crippen molar-refractivity contribution in [2.45, 2.75) is 26.2 Å². The van der Waals surface area contributed by atoms with Crippen molar-refractivity contribution in [1.82, 2.24) is 15.0 Å². The SMILES string of the molecule is C=NC(=CN=C(C)C(=O)OC)c1cnc(C)nc1OCC1CC1c1ccc(OC)cn1. The summed E-state index contributed by atoms with van der Waals surface area (Å²) in [7, 11) is 2.92. The molecule has 2 heterocycles. The quantitative estimate of drug-likeness (QED) is 0.450. The Labute approximate surface area is 180 Å². The zero-order valence-electron chi connectivity index (χ0n) is 18.0. The lowest BCUT2D eigenvalue weighted by Crippen LogP contribution is -2.11. The summed E-state index contributed by atoms with van der Waals surface area (Å²) < 4.78 is 15.8. The van der Waals surface area contributed by atoms with Crippen molar-refractivity contribution in [3.63, 3.8) is 0 Å². The third-order valence-electron chi connectivity index (χ3n) is 4.91. The maximum absolute atomic E-state index is 11.5.